The fourth-order valence-corrected chi connectivity index (χ4v) is 3.61. The summed E-state index contributed by atoms with van der Waals surface area (Å²) in [6.45, 7) is 2.17. The minimum absolute atomic E-state index is 0.123. The van der Waals surface area contributed by atoms with Crippen LogP contribution in [-0.4, -0.2) is 35.3 Å². The number of nitrogens with zero attached hydrogens (tertiary/aromatic N) is 2. The topological polar surface area (TPSA) is 48.4 Å². The number of pyridine rings is 1. The average Bonchev–Trinajstić information content (AvgIpc) is 2.70. The molecule has 19 heavy (non-hydrogen) atoms. The van der Waals surface area contributed by atoms with Crippen molar-refractivity contribution in [1.82, 2.24) is 10.3 Å². The van der Waals surface area contributed by atoms with E-state index in [4.69, 9.17) is 0 Å². The van der Waals surface area contributed by atoms with Gasteiger partial charge in [0.15, 0.2) is 0 Å². The molecule has 2 bridgehead atoms. The highest BCUT2D eigenvalue weighted by atomic mass is 16.3. The van der Waals surface area contributed by atoms with Crippen molar-refractivity contribution in [2.45, 2.75) is 56.8 Å². The molecular formula is C15H23N3O. The van der Waals surface area contributed by atoms with E-state index in [2.05, 4.69) is 28.2 Å². The summed E-state index contributed by atoms with van der Waals surface area (Å²) in [5, 5.41) is 13.2. The van der Waals surface area contributed by atoms with Gasteiger partial charge in [0.05, 0.1) is 6.10 Å². The Labute approximate surface area is 114 Å². The van der Waals surface area contributed by atoms with Crippen LogP contribution in [0, 0.1) is 0 Å². The van der Waals surface area contributed by atoms with Crippen LogP contribution in [0.4, 0.5) is 5.82 Å². The third-order valence-electron chi connectivity index (χ3n) is 4.67. The Morgan fingerprint density at radius 1 is 1.37 bits per heavy atom. The van der Waals surface area contributed by atoms with E-state index in [1.807, 2.05) is 19.3 Å². The standard InChI is InChI=1S/C15H23N3O/c1-10(16-2)14-4-3-7-17-15(14)18-11-5-6-12(18)9-13(19)8-11/h3-4,7,10-13,16,19H,5-6,8-9H2,1-2H3. The number of hydrogen-bond donors (Lipinski definition) is 2. The van der Waals surface area contributed by atoms with Crippen LogP contribution < -0.4 is 10.2 Å². The minimum Gasteiger partial charge on any atom is -0.393 e. The van der Waals surface area contributed by atoms with E-state index >= 15 is 0 Å². The number of piperidine rings is 1. The van der Waals surface area contributed by atoms with Crippen molar-refractivity contribution in [3.63, 3.8) is 0 Å². The second kappa shape index (κ2) is 5.10. The maximum atomic E-state index is 9.92. The van der Waals surface area contributed by atoms with E-state index in [9.17, 15) is 5.11 Å². The summed E-state index contributed by atoms with van der Waals surface area (Å²) in [5.41, 5.74) is 1.26. The Kier molecular flexibility index (Phi) is 3.46. The smallest absolute Gasteiger partial charge is 0.133 e. The van der Waals surface area contributed by atoms with Crippen molar-refractivity contribution in [3.8, 4) is 0 Å². The zero-order valence-corrected chi connectivity index (χ0v) is 11.7. The molecule has 1 aromatic rings. The van der Waals surface area contributed by atoms with Crippen LogP contribution in [0.3, 0.4) is 0 Å². The summed E-state index contributed by atoms with van der Waals surface area (Å²) in [5.74, 6) is 1.11. The van der Waals surface area contributed by atoms with Gasteiger partial charge in [-0.25, -0.2) is 4.98 Å². The van der Waals surface area contributed by atoms with Crippen molar-refractivity contribution >= 4 is 5.82 Å². The second-order valence-electron chi connectivity index (χ2n) is 5.84. The Morgan fingerprint density at radius 2 is 2.05 bits per heavy atom. The molecule has 0 aliphatic carbocycles. The minimum atomic E-state index is -0.123. The van der Waals surface area contributed by atoms with E-state index < -0.39 is 0 Å². The molecule has 2 N–H and O–H groups in total. The van der Waals surface area contributed by atoms with Crippen LogP contribution in [0.5, 0.6) is 0 Å². The fourth-order valence-electron chi connectivity index (χ4n) is 3.61. The number of rotatable bonds is 3. The molecule has 3 unspecified atom stereocenters. The first-order valence-electron chi connectivity index (χ1n) is 7.29. The molecule has 2 aliphatic rings. The van der Waals surface area contributed by atoms with Gasteiger partial charge in [0.2, 0.25) is 0 Å². The third-order valence-corrected chi connectivity index (χ3v) is 4.67. The molecule has 1 aromatic heterocycles. The van der Waals surface area contributed by atoms with E-state index in [1.54, 1.807) is 0 Å². The molecule has 0 saturated carbocycles. The summed E-state index contributed by atoms with van der Waals surface area (Å²) in [6, 6.07) is 5.40. The third kappa shape index (κ3) is 2.23. The van der Waals surface area contributed by atoms with Crippen molar-refractivity contribution in [3.05, 3.63) is 23.9 Å². The monoisotopic (exact) mass is 261 g/mol. The lowest BCUT2D eigenvalue weighted by Crippen LogP contribution is -2.45. The van der Waals surface area contributed by atoms with Crippen molar-refractivity contribution < 1.29 is 5.11 Å². The summed E-state index contributed by atoms with van der Waals surface area (Å²) in [6.07, 6.45) is 5.91. The summed E-state index contributed by atoms with van der Waals surface area (Å²) in [7, 11) is 1.98. The maximum absolute atomic E-state index is 9.92. The number of aromatic nitrogens is 1. The highest BCUT2D eigenvalue weighted by molar-refractivity contribution is 5.52. The van der Waals surface area contributed by atoms with Gasteiger partial charge in [-0.2, -0.15) is 0 Å². The summed E-state index contributed by atoms with van der Waals surface area (Å²) >= 11 is 0. The Bertz CT molecular complexity index is 437. The molecule has 2 aliphatic heterocycles. The van der Waals surface area contributed by atoms with E-state index in [-0.39, 0.29) is 6.10 Å². The highest BCUT2D eigenvalue weighted by Gasteiger charge is 2.41. The molecular weight excluding hydrogens is 238 g/mol. The van der Waals surface area contributed by atoms with Gasteiger partial charge in [-0.3, -0.25) is 0 Å². The van der Waals surface area contributed by atoms with Gasteiger partial charge >= 0.3 is 0 Å². The molecule has 0 aromatic carbocycles. The lowest BCUT2D eigenvalue weighted by Gasteiger charge is -2.39. The molecule has 2 saturated heterocycles. The highest BCUT2D eigenvalue weighted by Crippen LogP contribution is 2.40. The number of aliphatic hydroxyl groups is 1. The molecule has 0 amide bonds. The van der Waals surface area contributed by atoms with Crippen molar-refractivity contribution in [2.24, 2.45) is 0 Å². The molecule has 4 heteroatoms. The maximum Gasteiger partial charge on any atom is 0.133 e. The number of aliphatic hydroxyl groups excluding tert-OH is 1. The average molecular weight is 261 g/mol. The van der Waals surface area contributed by atoms with Gasteiger partial charge in [0.25, 0.3) is 0 Å². The summed E-state index contributed by atoms with van der Waals surface area (Å²) in [4.78, 5) is 7.11. The first kappa shape index (κ1) is 12.9. The normalized spacial score (nSPS) is 31.5. The Balaban J connectivity index is 1.95. The Morgan fingerprint density at radius 3 is 2.68 bits per heavy atom. The van der Waals surface area contributed by atoms with E-state index in [1.165, 1.54) is 18.4 Å². The van der Waals surface area contributed by atoms with Gasteiger partial charge in [-0.1, -0.05) is 6.07 Å². The first-order valence-corrected chi connectivity index (χ1v) is 7.29. The zero-order chi connectivity index (χ0) is 13.4. The molecule has 0 radical (unpaired) electrons. The second-order valence-corrected chi connectivity index (χ2v) is 5.84. The molecule has 104 valence electrons. The van der Waals surface area contributed by atoms with Gasteiger partial charge in [0.1, 0.15) is 5.82 Å². The zero-order valence-electron chi connectivity index (χ0n) is 11.7. The quantitative estimate of drug-likeness (QED) is 0.872. The predicted octanol–water partition coefficient (Wildman–Crippen LogP) is 1.85. The Hall–Kier alpha value is -1.13. The van der Waals surface area contributed by atoms with Crippen LogP contribution in [0.15, 0.2) is 18.3 Å². The summed E-state index contributed by atoms with van der Waals surface area (Å²) < 4.78 is 0. The van der Waals surface area contributed by atoms with Crippen LogP contribution >= 0.6 is 0 Å². The lowest BCUT2D eigenvalue weighted by molar-refractivity contribution is 0.126. The molecule has 3 atom stereocenters. The van der Waals surface area contributed by atoms with Gasteiger partial charge < -0.3 is 15.3 Å². The van der Waals surface area contributed by atoms with E-state index in [0.717, 1.165) is 18.7 Å². The predicted molar refractivity (Wildman–Crippen MR) is 76.2 cm³/mol. The lowest BCUT2D eigenvalue weighted by atomic mass is 9.98. The molecule has 4 nitrogen and oxygen atoms in total. The number of nitrogens with one attached hydrogen (secondary N) is 1. The van der Waals surface area contributed by atoms with Gasteiger partial charge in [0, 0.05) is 29.9 Å². The SMILES string of the molecule is CNC(C)c1cccnc1N1C2CCC1CC(O)C2. The number of anilines is 1. The van der Waals surface area contributed by atoms with Crippen molar-refractivity contribution in [1.29, 1.82) is 0 Å². The first-order chi connectivity index (χ1) is 9.20. The largest absolute Gasteiger partial charge is 0.393 e. The van der Waals surface area contributed by atoms with Crippen LogP contribution in [0.2, 0.25) is 0 Å². The fraction of sp³-hybridized carbons (Fsp3) is 0.667. The van der Waals surface area contributed by atoms with Gasteiger partial charge in [-0.05, 0) is 45.7 Å². The number of fused-ring (bicyclic) bond motifs is 2. The van der Waals surface area contributed by atoms with E-state index in [0.29, 0.717) is 18.1 Å². The van der Waals surface area contributed by atoms with Crippen LogP contribution in [0.25, 0.3) is 0 Å². The molecule has 0 spiro atoms. The van der Waals surface area contributed by atoms with Crippen LogP contribution in [-0.2, 0) is 0 Å². The van der Waals surface area contributed by atoms with Crippen LogP contribution in [0.1, 0.15) is 44.2 Å². The molecule has 3 rings (SSSR count). The molecule has 3 heterocycles. The molecule has 2 fully saturated rings. The number of hydrogen-bond acceptors (Lipinski definition) is 4. The van der Waals surface area contributed by atoms with Crippen molar-refractivity contribution in [2.75, 3.05) is 11.9 Å². The van der Waals surface area contributed by atoms with Gasteiger partial charge in [-0.15, -0.1) is 0 Å².